The van der Waals surface area contributed by atoms with Crippen LogP contribution in [0.25, 0.3) is 0 Å². The van der Waals surface area contributed by atoms with Gasteiger partial charge in [0.05, 0.1) is 24.7 Å². The minimum Gasteiger partial charge on any atom is -0.466 e. The van der Waals surface area contributed by atoms with Gasteiger partial charge in [-0.25, -0.2) is 4.79 Å². The maximum absolute atomic E-state index is 12.9. The summed E-state index contributed by atoms with van der Waals surface area (Å²) >= 11 is 1.35. The molecule has 1 aromatic carbocycles. The lowest BCUT2D eigenvalue weighted by molar-refractivity contribution is -0.145. The van der Waals surface area contributed by atoms with E-state index in [4.69, 9.17) is 9.47 Å². The first-order valence-electron chi connectivity index (χ1n) is 10.2. The minimum atomic E-state index is -0.526. The predicted molar refractivity (Wildman–Crippen MR) is 116 cm³/mol. The Morgan fingerprint density at radius 3 is 2.50 bits per heavy atom. The second-order valence-corrected chi connectivity index (χ2v) is 8.42. The monoisotopic (exact) mass is 429 g/mol. The van der Waals surface area contributed by atoms with Gasteiger partial charge in [0.25, 0.3) is 5.91 Å². The summed E-state index contributed by atoms with van der Waals surface area (Å²) in [4.78, 5) is 39.2. The van der Waals surface area contributed by atoms with Gasteiger partial charge >= 0.3 is 11.9 Å². The van der Waals surface area contributed by atoms with Gasteiger partial charge in [0.1, 0.15) is 5.00 Å². The van der Waals surface area contributed by atoms with Crippen molar-refractivity contribution in [1.29, 1.82) is 0 Å². The van der Waals surface area contributed by atoms with Crippen LogP contribution in [-0.4, -0.2) is 31.1 Å². The molecule has 1 N–H and O–H groups in total. The van der Waals surface area contributed by atoms with Crippen molar-refractivity contribution < 1.29 is 23.9 Å². The molecule has 1 aliphatic carbocycles. The van der Waals surface area contributed by atoms with Gasteiger partial charge in [0.15, 0.2) is 0 Å². The second-order valence-electron chi connectivity index (χ2n) is 7.31. The van der Waals surface area contributed by atoms with Gasteiger partial charge in [-0.3, -0.25) is 9.59 Å². The Bertz CT molecular complexity index is 978. The number of nitrogens with one attached hydrogen (secondary N) is 1. The molecule has 7 heteroatoms. The van der Waals surface area contributed by atoms with E-state index in [2.05, 4.69) is 5.32 Å². The Kier molecular flexibility index (Phi) is 6.92. The zero-order valence-corrected chi connectivity index (χ0v) is 18.6. The molecular weight excluding hydrogens is 402 g/mol. The molecule has 0 saturated carbocycles. The van der Waals surface area contributed by atoms with Gasteiger partial charge in [-0.1, -0.05) is 6.07 Å². The number of carbonyl (C=O) groups excluding carboxylic acids is 3. The van der Waals surface area contributed by atoms with Crippen LogP contribution in [0.1, 0.15) is 74.9 Å². The van der Waals surface area contributed by atoms with Crippen molar-refractivity contribution in [2.75, 3.05) is 18.5 Å². The Morgan fingerprint density at radius 1 is 1.10 bits per heavy atom. The van der Waals surface area contributed by atoms with E-state index in [0.29, 0.717) is 22.5 Å². The second kappa shape index (κ2) is 9.43. The molecule has 1 heterocycles. The Hall–Kier alpha value is -2.67. The third-order valence-corrected chi connectivity index (χ3v) is 6.49. The summed E-state index contributed by atoms with van der Waals surface area (Å²) in [6, 6.07) is 5.48. The number of carbonyl (C=O) groups is 3. The molecule has 0 fully saturated rings. The summed E-state index contributed by atoms with van der Waals surface area (Å²) < 4.78 is 10.5. The van der Waals surface area contributed by atoms with Gasteiger partial charge in [-0.2, -0.15) is 0 Å². The number of esters is 2. The molecule has 0 bridgehead atoms. The van der Waals surface area contributed by atoms with E-state index >= 15 is 0 Å². The highest BCUT2D eigenvalue weighted by Crippen LogP contribution is 2.44. The first-order valence-corrected chi connectivity index (χ1v) is 11.1. The van der Waals surface area contributed by atoms with E-state index in [-0.39, 0.29) is 30.7 Å². The zero-order valence-electron chi connectivity index (χ0n) is 17.8. The van der Waals surface area contributed by atoms with Gasteiger partial charge in [-0.05, 0) is 75.8 Å². The normalized spacial score (nSPS) is 15.3. The number of fused-ring (bicyclic) bond motifs is 1. The van der Waals surface area contributed by atoms with Crippen LogP contribution in [0.3, 0.4) is 0 Å². The topological polar surface area (TPSA) is 81.7 Å². The molecule has 1 unspecified atom stereocenters. The highest BCUT2D eigenvalue weighted by molar-refractivity contribution is 7.17. The average molecular weight is 430 g/mol. The first kappa shape index (κ1) is 22.0. The van der Waals surface area contributed by atoms with Crippen LogP contribution in [0.15, 0.2) is 18.2 Å². The molecule has 160 valence electrons. The number of amides is 1. The highest BCUT2D eigenvalue weighted by Gasteiger charge is 2.36. The summed E-state index contributed by atoms with van der Waals surface area (Å²) in [6.07, 6.45) is 2.19. The Morgan fingerprint density at radius 2 is 1.83 bits per heavy atom. The van der Waals surface area contributed by atoms with Crippen molar-refractivity contribution in [3.05, 3.63) is 50.9 Å². The van der Waals surface area contributed by atoms with Gasteiger partial charge in [0, 0.05) is 10.4 Å². The van der Waals surface area contributed by atoms with Crippen LogP contribution in [0, 0.1) is 13.8 Å². The van der Waals surface area contributed by atoms with E-state index < -0.39 is 11.9 Å². The number of benzene rings is 1. The van der Waals surface area contributed by atoms with Gasteiger partial charge in [-0.15, -0.1) is 11.3 Å². The standard InChI is InChI=1S/C23H27NO5S/c1-5-28-22(26)16-8-7-9-17-18(16)19(23(27)29-6-2)21(30-17)24-20(25)15-11-10-13(3)14(4)12-15/h10-12,16H,5-9H2,1-4H3,(H,24,25). The van der Waals surface area contributed by atoms with Crippen molar-refractivity contribution >= 4 is 34.2 Å². The van der Waals surface area contributed by atoms with Crippen LogP contribution in [0.4, 0.5) is 5.00 Å². The lowest BCUT2D eigenvalue weighted by Crippen LogP contribution is -2.23. The molecule has 1 aromatic heterocycles. The fraction of sp³-hybridized carbons (Fsp3) is 0.435. The van der Waals surface area contributed by atoms with E-state index in [1.165, 1.54) is 11.3 Å². The fourth-order valence-corrected chi connectivity index (χ4v) is 4.97. The van der Waals surface area contributed by atoms with Gasteiger partial charge < -0.3 is 14.8 Å². The molecular formula is C23H27NO5S. The number of aryl methyl sites for hydroxylation is 3. The number of ether oxygens (including phenoxy) is 2. The highest BCUT2D eigenvalue weighted by atomic mass is 32.1. The van der Waals surface area contributed by atoms with Crippen molar-refractivity contribution in [3.8, 4) is 0 Å². The van der Waals surface area contributed by atoms with E-state index in [0.717, 1.165) is 28.8 Å². The van der Waals surface area contributed by atoms with Crippen molar-refractivity contribution in [1.82, 2.24) is 0 Å². The van der Waals surface area contributed by atoms with Gasteiger partial charge in [0.2, 0.25) is 0 Å². The maximum atomic E-state index is 12.9. The average Bonchev–Trinajstić information content (AvgIpc) is 3.08. The summed E-state index contributed by atoms with van der Waals surface area (Å²) in [5.41, 5.74) is 3.57. The minimum absolute atomic E-state index is 0.206. The third-order valence-electron chi connectivity index (χ3n) is 5.31. The van der Waals surface area contributed by atoms with Crippen LogP contribution in [-0.2, 0) is 20.7 Å². The molecule has 6 nitrogen and oxygen atoms in total. The Balaban J connectivity index is 2.02. The van der Waals surface area contributed by atoms with E-state index in [9.17, 15) is 14.4 Å². The third kappa shape index (κ3) is 4.41. The molecule has 0 saturated heterocycles. The maximum Gasteiger partial charge on any atom is 0.341 e. The number of hydrogen-bond acceptors (Lipinski definition) is 6. The van der Waals surface area contributed by atoms with Crippen LogP contribution in [0.5, 0.6) is 0 Å². The summed E-state index contributed by atoms with van der Waals surface area (Å²) in [5.74, 6) is -1.68. The number of rotatable bonds is 6. The quantitative estimate of drug-likeness (QED) is 0.669. The molecule has 0 spiro atoms. The SMILES string of the molecule is CCOC(=O)c1c(NC(=O)c2ccc(C)c(C)c2)sc2c1C(C(=O)OCC)CCC2. The van der Waals surface area contributed by atoms with Crippen LogP contribution in [0.2, 0.25) is 0 Å². The molecule has 1 aliphatic rings. The summed E-state index contributed by atoms with van der Waals surface area (Å²) in [7, 11) is 0. The fourth-order valence-electron chi connectivity index (χ4n) is 3.69. The molecule has 0 aliphatic heterocycles. The molecule has 1 atom stereocenters. The Labute approximate surface area is 180 Å². The summed E-state index contributed by atoms with van der Waals surface area (Å²) in [6.45, 7) is 7.91. The molecule has 1 amide bonds. The van der Waals surface area contributed by atoms with E-state index in [1.807, 2.05) is 26.0 Å². The largest absolute Gasteiger partial charge is 0.466 e. The van der Waals surface area contributed by atoms with Crippen LogP contribution < -0.4 is 5.32 Å². The number of hydrogen-bond donors (Lipinski definition) is 1. The molecule has 2 aromatic rings. The molecule has 30 heavy (non-hydrogen) atoms. The first-order chi connectivity index (χ1) is 14.4. The van der Waals surface area contributed by atoms with E-state index in [1.54, 1.807) is 19.9 Å². The smallest absolute Gasteiger partial charge is 0.341 e. The summed E-state index contributed by atoms with van der Waals surface area (Å²) in [5, 5.41) is 3.32. The van der Waals surface area contributed by atoms with Crippen molar-refractivity contribution in [3.63, 3.8) is 0 Å². The van der Waals surface area contributed by atoms with Crippen molar-refractivity contribution in [2.45, 2.75) is 52.9 Å². The lowest BCUT2D eigenvalue weighted by Gasteiger charge is -2.22. The number of thiophene rings is 1. The zero-order chi connectivity index (χ0) is 21.8. The molecule has 0 radical (unpaired) electrons. The number of anilines is 1. The molecule has 3 rings (SSSR count). The predicted octanol–water partition coefficient (Wildman–Crippen LogP) is 4.78. The lowest BCUT2D eigenvalue weighted by atomic mass is 9.85. The van der Waals surface area contributed by atoms with Crippen LogP contribution >= 0.6 is 11.3 Å². The van der Waals surface area contributed by atoms with Crippen molar-refractivity contribution in [2.24, 2.45) is 0 Å².